The van der Waals surface area contributed by atoms with Crippen LogP contribution in [0.2, 0.25) is 0 Å². The van der Waals surface area contributed by atoms with Crippen molar-refractivity contribution in [2.24, 2.45) is 0 Å². The molecule has 2 heterocycles. The number of hydrogen-bond acceptors (Lipinski definition) is 3. The summed E-state index contributed by atoms with van der Waals surface area (Å²) >= 11 is 0. The molecule has 5 nitrogen and oxygen atoms in total. The number of amides is 1. The molecule has 1 aliphatic rings. The highest BCUT2D eigenvalue weighted by Gasteiger charge is 2.16. The Morgan fingerprint density at radius 3 is 2.62 bits per heavy atom. The van der Waals surface area contributed by atoms with E-state index in [1.807, 2.05) is 54.0 Å². The van der Waals surface area contributed by atoms with Gasteiger partial charge in [0.15, 0.2) is 0 Å². The van der Waals surface area contributed by atoms with Gasteiger partial charge < -0.3 is 14.8 Å². The van der Waals surface area contributed by atoms with E-state index < -0.39 is 0 Å². The van der Waals surface area contributed by atoms with E-state index in [9.17, 15) is 4.79 Å². The lowest BCUT2D eigenvalue weighted by atomic mass is 10.1. The van der Waals surface area contributed by atoms with Crippen molar-refractivity contribution >= 4 is 28.3 Å². The number of aryl methyl sites for hydroxylation is 1. The Morgan fingerprint density at radius 1 is 1.04 bits per heavy atom. The monoisotopic (exact) mass is 348 g/mol. The Balaban J connectivity index is 1.54. The van der Waals surface area contributed by atoms with Crippen LogP contribution in [0.15, 0.2) is 48.5 Å². The maximum absolute atomic E-state index is 12.7. The first kappa shape index (κ1) is 16.6. The third-order valence-corrected chi connectivity index (χ3v) is 5.02. The molecule has 1 aliphatic heterocycles. The molecular weight excluding hydrogens is 324 g/mol. The third kappa shape index (κ3) is 3.29. The molecule has 1 N–H and O–H groups in total. The van der Waals surface area contributed by atoms with Crippen LogP contribution < -0.4 is 10.2 Å². The summed E-state index contributed by atoms with van der Waals surface area (Å²) in [5.74, 6) is 0.825. The summed E-state index contributed by atoms with van der Waals surface area (Å²) in [6.07, 6.45) is 3.71. The highest BCUT2D eigenvalue weighted by molar-refractivity contribution is 5.95. The van der Waals surface area contributed by atoms with Gasteiger partial charge in [-0.05, 0) is 50.5 Å². The van der Waals surface area contributed by atoms with Crippen LogP contribution in [0, 0.1) is 6.92 Å². The van der Waals surface area contributed by atoms with E-state index in [0.717, 1.165) is 41.3 Å². The van der Waals surface area contributed by atoms with Crippen LogP contribution in [-0.2, 0) is 11.3 Å². The predicted octanol–water partition coefficient (Wildman–Crippen LogP) is 3.97. The van der Waals surface area contributed by atoms with Crippen molar-refractivity contribution in [2.45, 2.75) is 32.7 Å². The second-order valence-corrected chi connectivity index (χ2v) is 6.85. The summed E-state index contributed by atoms with van der Waals surface area (Å²) in [7, 11) is 0. The van der Waals surface area contributed by atoms with E-state index in [1.165, 1.54) is 19.3 Å². The van der Waals surface area contributed by atoms with Crippen LogP contribution in [0.25, 0.3) is 11.0 Å². The van der Waals surface area contributed by atoms with Crippen LogP contribution in [-0.4, -0.2) is 28.5 Å². The fourth-order valence-electron chi connectivity index (χ4n) is 3.72. The molecule has 26 heavy (non-hydrogen) atoms. The highest BCUT2D eigenvalue weighted by Crippen LogP contribution is 2.28. The average molecular weight is 348 g/mol. The Morgan fingerprint density at radius 2 is 1.77 bits per heavy atom. The van der Waals surface area contributed by atoms with Gasteiger partial charge in [-0.25, -0.2) is 4.98 Å². The average Bonchev–Trinajstić information content (AvgIpc) is 2.98. The molecule has 4 rings (SSSR count). The summed E-state index contributed by atoms with van der Waals surface area (Å²) in [4.78, 5) is 19.6. The number of hydrogen-bond donors (Lipinski definition) is 1. The minimum Gasteiger partial charge on any atom is -0.370 e. The standard InChI is InChI=1S/C21H24N4O/c1-16-22-18-10-4-6-12-20(18)25(16)15-21(26)23-17-9-3-5-11-19(17)24-13-7-2-8-14-24/h3-6,9-12H,2,7-8,13-15H2,1H3,(H,23,26). The van der Waals surface area contributed by atoms with E-state index >= 15 is 0 Å². The van der Waals surface area contributed by atoms with Crippen LogP contribution in [0.4, 0.5) is 11.4 Å². The van der Waals surface area contributed by atoms with Crippen molar-refractivity contribution in [1.29, 1.82) is 0 Å². The van der Waals surface area contributed by atoms with Gasteiger partial charge in [-0.15, -0.1) is 0 Å². The molecule has 0 unspecified atom stereocenters. The molecule has 0 aliphatic carbocycles. The largest absolute Gasteiger partial charge is 0.370 e. The van der Waals surface area contributed by atoms with Crippen LogP contribution in [0.3, 0.4) is 0 Å². The zero-order valence-electron chi connectivity index (χ0n) is 15.1. The summed E-state index contributed by atoms with van der Waals surface area (Å²) < 4.78 is 1.97. The Labute approximate surface area is 153 Å². The van der Waals surface area contributed by atoms with Crippen molar-refractivity contribution in [1.82, 2.24) is 9.55 Å². The molecule has 0 spiro atoms. The van der Waals surface area contributed by atoms with E-state index in [2.05, 4.69) is 21.3 Å². The van der Waals surface area contributed by atoms with Gasteiger partial charge in [-0.2, -0.15) is 0 Å². The van der Waals surface area contributed by atoms with E-state index in [0.29, 0.717) is 0 Å². The van der Waals surface area contributed by atoms with Gasteiger partial charge in [-0.3, -0.25) is 4.79 Å². The fraction of sp³-hybridized carbons (Fsp3) is 0.333. The molecule has 3 aromatic rings. The van der Waals surface area contributed by atoms with E-state index in [-0.39, 0.29) is 12.5 Å². The number of rotatable bonds is 4. The number of para-hydroxylation sites is 4. The highest BCUT2D eigenvalue weighted by atomic mass is 16.2. The Kier molecular flexibility index (Phi) is 4.61. The molecule has 5 heteroatoms. The van der Waals surface area contributed by atoms with Gasteiger partial charge in [0.05, 0.1) is 22.4 Å². The lowest BCUT2D eigenvalue weighted by Crippen LogP contribution is -2.30. The number of carbonyl (C=O) groups is 1. The number of benzene rings is 2. The lowest BCUT2D eigenvalue weighted by molar-refractivity contribution is -0.116. The number of nitrogens with zero attached hydrogens (tertiary/aromatic N) is 3. The van der Waals surface area contributed by atoms with Gasteiger partial charge in [0, 0.05) is 13.1 Å². The predicted molar refractivity (Wildman–Crippen MR) is 106 cm³/mol. The zero-order chi connectivity index (χ0) is 17.9. The number of nitrogens with one attached hydrogen (secondary N) is 1. The number of piperidine rings is 1. The molecular formula is C21H24N4O. The molecule has 1 amide bonds. The number of anilines is 2. The first-order chi connectivity index (χ1) is 12.7. The summed E-state index contributed by atoms with van der Waals surface area (Å²) in [6.45, 7) is 4.31. The second-order valence-electron chi connectivity index (χ2n) is 6.85. The van der Waals surface area contributed by atoms with Gasteiger partial charge in [0.1, 0.15) is 12.4 Å². The maximum Gasteiger partial charge on any atom is 0.244 e. The number of fused-ring (bicyclic) bond motifs is 1. The fourth-order valence-corrected chi connectivity index (χ4v) is 3.72. The van der Waals surface area contributed by atoms with Crippen molar-refractivity contribution in [3.63, 3.8) is 0 Å². The van der Waals surface area contributed by atoms with Crippen molar-refractivity contribution in [3.8, 4) is 0 Å². The van der Waals surface area contributed by atoms with Gasteiger partial charge >= 0.3 is 0 Å². The van der Waals surface area contributed by atoms with Crippen molar-refractivity contribution in [2.75, 3.05) is 23.3 Å². The summed E-state index contributed by atoms with van der Waals surface area (Å²) in [6, 6.07) is 16.0. The van der Waals surface area contributed by atoms with Gasteiger partial charge in [0.25, 0.3) is 0 Å². The summed E-state index contributed by atoms with van der Waals surface area (Å²) in [5.41, 5.74) is 3.92. The smallest absolute Gasteiger partial charge is 0.244 e. The molecule has 1 saturated heterocycles. The van der Waals surface area contributed by atoms with E-state index in [4.69, 9.17) is 0 Å². The van der Waals surface area contributed by atoms with E-state index in [1.54, 1.807) is 0 Å². The topological polar surface area (TPSA) is 50.2 Å². The van der Waals surface area contributed by atoms with Gasteiger partial charge in [-0.1, -0.05) is 24.3 Å². The molecule has 0 bridgehead atoms. The maximum atomic E-state index is 12.7. The third-order valence-electron chi connectivity index (χ3n) is 5.02. The quantitative estimate of drug-likeness (QED) is 0.776. The normalized spacial score (nSPS) is 14.6. The van der Waals surface area contributed by atoms with Crippen molar-refractivity contribution < 1.29 is 4.79 Å². The van der Waals surface area contributed by atoms with Crippen LogP contribution >= 0.6 is 0 Å². The number of imidazole rings is 1. The first-order valence-corrected chi connectivity index (χ1v) is 9.28. The Bertz CT molecular complexity index is 925. The molecule has 0 radical (unpaired) electrons. The molecule has 134 valence electrons. The lowest BCUT2D eigenvalue weighted by Gasteiger charge is -2.30. The molecule has 1 aromatic heterocycles. The minimum atomic E-state index is -0.0271. The number of aromatic nitrogens is 2. The molecule has 0 atom stereocenters. The Hall–Kier alpha value is -2.82. The zero-order valence-corrected chi connectivity index (χ0v) is 15.1. The summed E-state index contributed by atoms with van der Waals surface area (Å²) in [5, 5.41) is 3.11. The molecule has 2 aromatic carbocycles. The van der Waals surface area contributed by atoms with Crippen LogP contribution in [0.5, 0.6) is 0 Å². The van der Waals surface area contributed by atoms with Crippen LogP contribution in [0.1, 0.15) is 25.1 Å². The first-order valence-electron chi connectivity index (χ1n) is 9.28. The molecule has 0 saturated carbocycles. The SMILES string of the molecule is Cc1nc2ccccc2n1CC(=O)Nc1ccccc1N1CCCCC1. The minimum absolute atomic E-state index is 0.0271. The van der Waals surface area contributed by atoms with Crippen molar-refractivity contribution in [3.05, 3.63) is 54.4 Å². The molecule has 1 fully saturated rings. The number of carbonyl (C=O) groups excluding carboxylic acids is 1. The second kappa shape index (κ2) is 7.20. The van der Waals surface area contributed by atoms with Gasteiger partial charge in [0.2, 0.25) is 5.91 Å².